The molecule has 2 aromatic heterocycles. The lowest BCUT2D eigenvalue weighted by Crippen LogP contribution is -2.57. The number of halogens is 1. The highest BCUT2D eigenvalue weighted by Crippen LogP contribution is 2.40. The number of rotatable bonds is 6. The number of aromatic nitrogens is 4. The zero-order chi connectivity index (χ0) is 23.2. The van der Waals surface area contributed by atoms with E-state index in [1.807, 2.05) is 12.1 Å². The van der Waals surface area contributed by atoms with E-state index in [1.54, 1.807) is 30.7 Å². The first-order valence-corrected chi connectivity index (χ1v) is 11.8. The average Bonchev–Trinajstić information content (AvgIpc) is 3.62. The number of phenolic OH excluding ortho intramolecular Hbond substituents is 1. The maximum absolute atomic E-state index is 15.3. The van der Waals surface area contributed by atoms with Gasteiger partial charge in [-0.2, -0.15) is 5.10 Å². The Kier molecular flexibility index (Phi) is 5.28. The highest BCUT2D eigenvalue weighted by molar-refractivity contribution is 5.74. The molecule has 2 saturated heterocycles. The zero-order valence-electron chi connectivity index (χ0n) is 18.9. The molecule has 2 aliphatic heterocycles. The van der Waals surface area contributed by atoms with Gasteiger partial charge in [0, 0.05) is 35.3 Å². The third kappa shape index (κ3) is 3.83. The summed E-state index contributed by atoms with van der Waals surface area (Å²) in [5.41, 5.74) is 2.72. The van der Waals surface area contributed by atoms with Crippen molar-refractivity contribution in [3.8, 4) is 34.0 Å². The third-order valence-corrected chi connectivity index (χ3v) is 7.20. The maximum Gasteiger partial charge on any atom is 0.233 e. The number of phenols is 1. The molecule has 0 amide bonds. The van der Waals surface area contributed by atoms with Gasteiger partial charge in [-0.25, -0.2) is 9.37 Å². The van der Waals surface area contributed by atoms with Gasteiger partial charge in [-0.15, -0.1) is 5.10 Å². The van der Waals surface area contributed by atoms with Gasteiger partial charge in [-0.3, -0.25) is 4.98 Å². The number of alkyl halides is 1. The molecule has 8 nitrogen and oxygen atoms in total. The zero-order valence-corrected chi connectivity index (χ0v) is 18.9. The van der Waals surface area contributed by atoms with Crippen molar-refractivity contribution >= 4 is 5.82 Å². The molecular weight excluding hydrogens is 435 g/mol. The molecule has 1 saturated carbocycles. The maximum atomic E-state index is 15.3. The van der Waals surface area contributed by atoms with Gasteiger partial charge >= 0.3 is 0 Å². The summed E-state index contributed by atoms with van der Waals surface area (Å²) < 4.78 is 20.4. The summed E-state index contributed by atoms with van der Waals surface area (Å²) in [5.74, 6) is 1.21. The van der Waals surface area contributed by atoms with E-state index in [1.165, 1.54) is 7.11 Å². The standard InChI is InChI=1S/C25H27FN6O2/c1-34-24-9-15(11-29-31-24)14-2-6-18(22(33)8-14)20-12-28-23(13-27-20)32(17-4-5-17)21-10-16-3-7-19(30-16)25(21)26/h2,6,8-9,11-13,16-17,19,21,25,30,33H,3-5,7,10H2,1H3/t16-,19+,21-,25+/m0/s1. The number of hydrogen-bond acceptors (Lipinski definition) is 8. The fourth-order valence-corrected chi connectivity index (χ4v) is 5.35. The summed E-state index contributed by atoms with van der Waals surface area (Å²) >= 11 is 0. The van der Waals surface area contributed by atoms with Crippen LogP contribution in [0.1, 0.15) is 32.1 Å². The molecule has 2 bridgehead atoms. The molecule has 0 radical (unpaired) electrons. The Morgan fingerprint density at radius 3 is 2.68 bits per heavy atom. The van der Waals surface area contributed by atoms with Gasteiger partial charge in [0.2, 0.25) is 5.88 Å². The molecule has 9 heteroatoms. The van der Waals surface area contributed by atoms with Crippen LogP contribution in [0.15, 0.2) is 42.9 Å². The second kappa shape index (κ2) is 8.47. The largest absolute Gasteiger partial charge is 0.507 e. The van der Waals surface area contributed by atoms with Crippen LogP contribution in [-0.4, -0.2) is 62.7 Å². The molecule has 3 aliphatic rings. The molecule has 3 aromatic rings. The second-order valence-electron chi connectivity index (χ2n) is 9.41. The first-order valence-electron chi connectivity index (χ1n) is 11.8. The Morgan fingerprint density at radius 1 is 1.06 bits per heavy atom. The fraction of sp³-hybridized carbons (Fsp3) is 0.440. The lowest BCUT2D eigenvalue weighted by molar-refractivity contribution is 0.171. The molecule has 6 rings (SSSR count). The second-order valence-corrected chi connectivity index (χ2v) is 9.41. The van der Waals surface area contributed by atoms with Gasteiger partial charge in [-0.1, -0.05) is 6.07 Å². The van der Waals surface area contributed by atoms with Crippen LogP contribution in [0, 0.1) is 0 Å². The van der Waals surface area contributed by atoms with Crippen molar-refractivity contribution < 1.29 is 14.2 Å². The molecule has 2 N–H and O–H groups in total. The molecule has 0 spiro atoms. The topological polar surface area (TPSA) is 96.3 Å². The van der Waals surface area contributed by atoms with Crippen LogP contribution in [0.4, 0.5) is 10.2 Å². The van der Waals surface area contributed by atoms with Gasteiger partial charge in [0.15, 0.2) is 0 Å². The number of benzene rings is 1. The molecule has 0 unspecified atom stereocenters. The molecule has 4 heterocycles. The van der Waals surface area contributed by atoms with Crippen molar-refractivity contribution in [2.75, 3.05) is 12.0 Å². The number of hydrogen-bond donors (Lipinski definition) is 2. The minimum absolute atomic E-state index is 0.0525. The summed E-state index contributed by atoms with van der Waals surface area (Å²) in [6.45, 7) is 0. The first-order chi connectivity index (χ1) is 16.6. The first kappa shape index (κ1) is 21.2. The predicted octanol–water partition coefficient (Wildman–Crippen LogP) is 3.51. The van der Waals surface area contributed by atoms with Crippen molar-refractivity contribution in [1.29, 1.82) is 0 Å². The van der Waals surface area contributed by atoms with Crippen LogP contribution in [0.5, 0.6) is 11.6 Å². The third-order valence-electron chi connectivity index (χ3n) is 7.20. The van der Waals surface area contributed by atoms with E-state index in [-0.39, 0.29) is 17.8 Å². The van der Waals surface area contributed by atoms with Crippen LogP contribution in [-0.2, 0) is 0 Å². The van der Waals surface area contributed by atoms with Gasteiger partial charge in [0.1, 0.15) is 17.7 Å². The summed E-state index contributed by atoms with van der Waals surface area (Å²) in [6, 6.07) is 7.62. The van der Waals surface area contributed by atoms with E-state index < -0.39 is 6.17 Å². The van der Waals surface area contributed by atoms with E-state index in [2.05, 4.69) is 30.4 Å². The van der Waals surface area contributed by atoms with E-state index in [0.29, 0.717) is 35.0 Å². The molecular formula is C25H27FN6O2. The summed E-state index contributed by atoms with van der Waals surface area (Å²) in [4.78, 5) is 11.4. The normalized spacial score (nSPS) is 25.8. The van der Waals surface area contributed by atoms with E-state index in [9.17, 15) is 5.11 Å². The fourth-order valence-electron chi connectivity index (χ4n) is 5.35. The number of anilines is 1. The number of fused-ring (bicyclic) bond motifs is 2. The Hall–Kier alpha value is -3.33. The Labute approximate surface area is 197 Å². The van der Waals surface area contributed by atoms with Crippen molar-refractivity contribution in [2.45, 2.75) is 62.4 Å². The van der Waals surface area contributed by atoms with Crippen LogP contribution in [0.2, 0.25) is 0 Å². The van der Waals surface area contributed by atoms with Crippen molar-refractivity contribution in [3.05, 3.63) is 42.9 Å². The van der Waals surface area contributed by atoms with Crippen molar-refractivity contribution in [2.24, 2.45) is 0 Å². The molecule has 1 aromatic carbocycles. The number of piperidine rings is 1. The summed E-state index contributed by atoms with van der Waals surface area (Å²) in [7, 11) is 1.53. The molecule has 4 atom stereocenters. The SMILES string of the molecule is COc1cc(-c2ccc(-c3cnc(N(C4CC4)[C@H]4C[C@@H]5CC[C@@H](N5)[C@H]4F)cn3)c(O)c2)cnn1. The number of aromatic hydroxyl groups is 1. The van der Waals surface area contributed by atoms with Crippen molar-refractivity contribution in [3.63, 3.8) is 0 Å². The molecule has 3 fully saturated rings. The Bertz CT molecular complexity index is 1190. The predicted molar refractivity (Wildman–Crippen MR) is 125 cm³/mol. The number of methoxy groups -OCH3 is 1. The molecule has 176 valence electrons. The Balaban J connectivity index is 1.26. The van der Waals surface area contributed by atoms with Crippen LogP contribution in [0.3, 0.4) is 0 Å². The van der Waals surface area contributed by atoms with Crippen LogP contribution >= 0.6 is 0 Å². The van der Waals surface area contributed by atoms with E-state index in [0.717, 1.165) is 43.2 Å². The van der Waals surface area contributed by atoms with Crippen LogP contribution < -0.4 is 15.0 Å². The number of nitrogens with one attached hydrogen (secondary N) is 1. The summed E-state index contributed by atoms with van der Waals surface area (Å²) in [5, 5.41) is 21.9. The van der Waals surface area contributed by atoms with Gasteiger partial charge in [0.05, 0.1) is 37.4 Å². The van der Waals surface area contributed by atoms with E-state index >= 15 is 4.39 Å². The number of nitrogens with zero attached hydrogens (tertiary/aromatic N) is 5. The number of ether oxygens (including phenoxy) is 1. The smallest absolute Gasteiger partial charge is 0.233 e. The molecule has 34 heavy (non-hydrogen) atoms. The van der Waals surface area contributed by atoms with Crippen molar-refractivity contribution in [1.82, 2.24) is 25.5 Å². The van der Waals surface area contributed by atoms with E-state index in [4.69, 9.17) is 4.74 Å². The average molecular weight is 463 g/mol. The summed E-state index contributed by atoms with van der Waals surface area (Å²) in [6.07, 6.45) is 8.97. The quantitative estimate of drug-likeness (QED) is 0.575. The van der Waals surface area contributed by atoms with Gasteiger partial charge in [-0.05, 0) is 49.8 Å². The lowest BCUT2D eigenvalue weighted by Gasteiger charge is -2.41. The van der Waals surface area contributed by atoms with Gasteiger partial charge in [0.25, 0.3) is 0 Å². The molecule has 1 aliphatic carbocycles. The highest BCUT2D eigenvalue weighted by Gasteiger charge is 2.48. The minimum atomic E-state index is -0.904. The van der Waals surface area contributed by atoms with Crippen LogP contribution in [0.25, 0.3) is 22.4 Å². The lowest BCUT2D eigenvalue weighted by atomic mass is 9.96. The monoisotopic (exact) mass is 462 g/mol. The minimum Gasteiger partial charge on any atom is -0.507 e. The van der Waals surface area contributed by atoms with Gasteiger partial charge < -0.3 is 20.1 Å². The highest BCUT2D eigenvalue weighted by atomic mass is 19.1. The Morgan fingerprint density at radius 2 is 1.94 bits per heavy atom.